The topological polar surface area (TPSA) is 54.0 Å². The largest absolute Gasteiger partial charge is 0.325 e. The summed E-state index contributed by atoms with van der Waals surface area (Å²) in [6.45, 7) is 0.932. The molecule has 20 heavy (non-hydrogen) atoms. The minimum Gasteiger partial charge on any atom is -0.325 e. The van der Waals surface area contributed by atoms with E-state index in [-0.39, 0.29) is 11.9 Å². The number of anilines is 1. The van der Waals surface area contributed by atoms with Crippen LogP contribution in [0.5, 0.6) is 0 Å². The van der Waals surface area contributed by atoms with Crippen LogP contribution < -0.4 is 10.6 Å². The first-order valence-corrected chi connectivity index (χ1v) is 7.75. The molecule has 0 saturated carbocycles. The molecule has 4 nitrogen and oxygen atoms in total. The van der Waals surface area contributed by atoms with Crippen molar-refractivity contribution < 1.29 is 4.79 Å². The van der Waals surface area contributed by atoms with Gasteiger partial charge in [0.15, 0.2) is 0 Å². The zero-order chi connectivity index (χ0) is 13.8. The van der Waals surface area contributed by atoms with E-state index in [4.69, 9.17) is 0 Å². The van der Waals surface area contributed by atoms with Crippen LogP contribution >= 0.6 is 11.3 Å². The predicted molar refractivity (Wildman–Crippen MR) is 81.8 cm³/mol. The maximum atomic E-state index is 12.1. The molecule has 1 aromatic heterocycles. The van der Waals surface area contributed by atoms with Gasteiger partial charge in [-0.3, -0.25) is 4.79 Å². The van der Waals surface area contributed by atoms with E-state index in [0.717, 1.165) is 42.1 Å². The molecule has 5 heteroatoms. The first-order valence-electron chi connectivity index (χ1n) is 6.87. The van der Waals surface area contributed by atoms with Crippen molar-refractivity contribution in [3.8, 4) is 10.6 Å². The van der Waals surface area contributed by atoms with Crippen LogP contribution in [0.4, 0.5) is 5.69 Å². The van der Waals surface area contributed by atoms with E-state index >= 15 is 0 Å². The maximum Gasteiger partial charge on any atom is 0.241 e. The summed E-state index contributed by atoms with van der Waals surface area (Å²) in [7, 11) is 0. The second-order valence-electron chi connectivity index (χ2n) is 4.91. The summed E-state index contributed by atoms with van der Waals surface area (Å²) in [4.78, 5) is 16.4. The van der Waals surface area contributed by atoms with Gasteiger partial charge in [-0.25, -0.2) is 4.98 Å². The Balaban J connectivity index is 1.64. The fourth-order valence-corrected chi connectivity index (χ4v) is 3.01. The molecule has 1 amide bonds. The minimum absolute atomic E-state index is 0.0533. The molecule has 104 valence electrons. The highest BCUT2D eigenvalue weighted by atomic mass is 32.1. The van der Waals surface area contributed by atoms with Crippen LogP contribution in [-0.2, 0) is 4.79 Å². The average molecular weight is 287 g/mol. The van der Waals surface area contributed by atoms with Gasteiger partial charge in [-0.15, -0.1) is 11.3 Å². The van der Waals surface area contributed by atoms with Crippen LogP contribution in [0.1, 0.15) is 19.3 Å². The Kier molecular flexibility index (Phi) is 4.08. The molecule has 0 unspecified atom stereocenters. The van der Waals surface area contributed by atoms with Gasteiger partial charge in [0.1, 0.15) is 5.01 Å². The van der Waals surface area contributed by atoms with Crippen LogP contribution in [0.3, 0.4) is 0 Å². The van der Waals surface area contributed by atoms with Crippen LogP contribution in [-0.4, -0.2) is 23.5 Å². The molecule has 0 spiro atoms. The van der Waals surface area contributed by atoms with Crippen LogP contribution in [0, 0.1) is 0 Å². The number of nitrogens with zero attached hydrogens (tertiary/aromatic N) is 1. The number of aromatic nitrogens is 1. The highest BCUT2D eigenvalue weighted by Gasteiger charge is 2.20. The summed E-state index contributed by atoms with van der Waals surface area (Å²) in [5.74, 6) is 0.0618. The molecule has 3 rings (SSSR count). The average Bonchev–Trinajstić information content (AvgIpc) is 3.03. The van der Waals surface area contributed by atoms with Crippen molar-refractivity contribution in [3.63, 3.8) is 0 Å². The minimum atomic E-state index is -0.0533. The number of rotatable bonds is 3. The highest BCUT2D eigenvalue weighted by molar-refractivity contribution is 7.13. The number of carbonyl (C=O) groups excluding carboxylic acids is 1. The highest BCUT2D eigenvalue weighted by Crippen LogP contribution is 2.23. The Hall–Kier alpha value is -1.72. The SMILES string of the molecule is O=C(Nc1ccc(-c2nccs2)cc1)[C@@H]1CCCCN1. The molecule has 1 aliphatic rings. The first kappa shape index (κ1) is 13.3. The lowest BCUT2D eigenvalue weighted by molar-refractivity contribution is -0.118. The van der Waals surface area contributed by atoms with Gasteiger partial charge >= 0.3 is 0 Å². The van der Waals surface area contributed by atoms with Crippen molar-refractivity contribution in [2.45, 2.75) is 25.3 Å². The number of thiazole rings is 1. The standard InChI is InChI=1S/C15H17N3OS/c19-14(13-3-1-2-8-16-13)18-12-6-4-11(5-7-12)15-17-9-10-20-15/h4-7,9-10,13,16H,1-3,8H2,(H,18,19)/t13-/m0/s1. The monoisotopic (exact) mass is 287 g/mol. The van der Waals surface area contributed by atoms with Gasteiger partial charge in [0.2, 0.25) is 5.91 Å². The molecule has 2 N–H and O–H groups in total. The number of hydrogen-bond donors (Lipinski definition) is 2. The number of amides is 1. The lowest BCUT2D eigenvalue weighted by Gasteiger charge is -2.22. The van der Waals surface area contributed by atoms with E-state index < -0.39 is 0 Å². The van der Waals surface area contributed by atoms with Gasteiger partial charge in [0, 0.05) is 22.8 Å². The summed E-state index contributed by atoms with van der Waals surface area (Å²) in [5.41, 5.74) is 1.91. The van der Waals surface area contributed by atoms with E-state index in [1.807, 2.05) is 29.6 Å². The van der Waals surface area contributed by atoms with Gasteiger partial charge in [-0.1, -0.05) is 6.42 Å². The summed E-state index contributed by atoms with van der Waals surface area (Å²) >= 11 is 1.61. The van der Waals surface area contributed by atoms with E-state index in [1.165, 1.54) is 0 Å². The quantitative estimate of drug-likeness (QED) is 0.912. The fourth-order valence-electron chi connectivity index (χ4n) is 2.37. The molecule has 1 aliphatic heterocycles. The van der Waals surface area contributed by atoms with Crippen molar-refractivity contribution in [3.05, 3.63) is 35.8 Å². The molecule has 1 saturated heterocycles. The normalized spacial score (nSPS) is 18.7. The summed E-state index contributed by atoms with van der Waals surface area (Å²) in [5, 5.41) is 9.17. The lowest BCUT2D eigenvalue weighted by Crippen LogP contribution is -2.43. The second-order valence-corrected chi connectivity index (χ2v) is 5.80. The number of carbonyl (C=O) groups is 1. The molecule has 2 heterocycles. The van der Waals surface area contributed by atoms with E-state index in [9.17, 15) is 4.79 Å². The molecular formula is C15H17N3OS. The number of benzene rings is 1. The molecular weight excluding hydrogens is 270 g/mol. The van der Waals surface area contributed by atoms with E-state index in [1.54, 1.807) is 17.5 Å². The smallest absolute Gasteiger partial charge is 0.241 e. The van der Waals surface area contributed by atoms with Gasteiger partial charge < -0.3 is 10.6 Å². The summed E-state index contributed by atoms with van der Waals surface area (Å²) in [6, 6.07) is 7.78. The van der Waals surface area contributed by atoms with Gasteiger partial charge in [0.05, 0.1) is 6.04 Å². The predicted octanol–water partition coefficient (Wildman–Crippen LogP) is 2.89. The molecule has 1 atom stereocenters. The third-order valence-electron chi connectivity index (χ3n) is 3.46. The van der Waals surface area contributed by atoms with Gasteiger partial charge in [-0.2, -0.15) is 0 Å². The van der Waals surface area contributed by atoms with Crippen molar-refractivity contribution in [2.24, 2.45) is 0 Å². The van der Waals surface area contributed by atoms with Crippen molar-refractivity contribution in [1.82, 2.24) is 10.3 Å². The first-order chi connectivity index (χ1) is 9.83. The van der Waals surface area contributed by atoms with E-state index in [2.05, 4.69) is 15.6 Å². The zero-order valence-electron chi connectivity index (χ0n) is 11.1. The van der Waals surface area contributed by atoms with Gasteiger partial charge in [-0.05, 0) is 43.7 Å². The van der Waals surface area contributed by atoms with Crippen LogP contribution in [0.15, 0.2) is 35.8 Å². The number of piperidine rings is 1. The van der Waals surface area contributed by atoms with Crippen LogP contribution in [0.2, 0.25) is 0 Å². The van der Waals surface area contributed by atoms with Crippen molar-refractivity contribution >= 4 is 22.9 Å². The van der Waals surface area contributed by atoms with E-state index in [0.29, 0.717) is 0 Å². The number of hydrogen-bond acceptors (Lipinski definition) is 4. The summed E-state index contributed by atoms with van der Waals surface area (Å²) < 4.78 is 0. The molecule has 0 aliphatic carbocycles. The Labute approximate surface area is 122 Å². The lowest BCUT2D eigenvalue weighted by atomic mass is 10.0. The zero-order valence-corrected chi connectivity index (χ0v) is 12.0. The summed E-state index contributed by atoms with van der Waals surface area (Å²) in [6.07, 6.45) is 4.99. The molecule has 1 fully saturated rings. The molecule has 0 bridgehead atoms. The third kappa shape index (κ3) is 3.05. The van der Waals surface area contributed by atoms with Crippen molar-refractivity contribution in [2.75, 3.05) is 11.9 Å². The Morgan fingerprint density at radius 1 is 1.30 bits per heavy atom. The van der Waals surface area contributed by atoms with Crippen molar-refractivity contribution in [1.29, 1.82) is 0 Å². The molecule has 1 aromatic carbocycles. The Bertz CT molecular complexity index is 559. The Morgan fingerprint density at radius 3 is 2.80 bits per heavy atom. The fraction of sp³-hybridized carbons (Fsp3) is 0.333. The second kappa shape index (κ2) is 6.15. The number of nitrogens with one attached hydrogen (secondary N) is 2. The van der Waals surface area contributed by atoms with Gasteiger partial charge in [0.25, 0.3) is 0 Å². The van der Waals surface area contributed by atoms with Crippen LogP contribution in [0.25, 0.3) is 10.6 Å². The molecule has 2 aromatic rings. The Morgan fingerprint density at radius 2 is 2.15 bits per heavy atom. The third-order valence-corrected chi connectivity index (χ3v) is 4.28. The molecule has 0 radical (unpaired) electrons. The maximum absolute atomic E-state index is 12.1.